The minimum Gasteiger partial charge on any atom is -0.438 e. The summed E-state index contributed by atoms with van der Waals surface area (Å²) in [6, 6.07) is 0. The monoisotopic (exact) mass is 499 g/mol. The van der Waals surface area contributed by atoms with Gasteiger partial charge in [-0.25, -0.2) is 4.79 Å². The van der Waals surface area contributed by atoms with Gasteiger partial charge in [-0.15, -0.1) is 0 Å². The number of aliphatic hydroxyl groups excluding tert-OH is 2. The Morgan fingerprint density at radius 3 is 2.36 bits per heavy atom. The fourth-order valence-corrected chi connectivity index (χ4v) is 9.21. The molecule has 7 nitrogen and oxygen atoms in total. The van der Waals surface area contributed by atoms with Crippen LogP contribution in [0.15, 0.2) is 23.3 Å². The van der Waals surface area contributed by atoms with Gasteiger partial charge in [0.05, 0.1) is 12.0 Å². The van der Waals surface area contributed by atoms with E-state index in [1.807, 2.05) is 6.92 Å². The maximum atomic E-state index is 14.4. The van der Waals surface area contributed by atoms with Crippen LogP contribution in [0.2, 0.25) is 0 Å². The minimum atomic E-state index is -2.07. The molecular weight excluding hydrogens is 458 g/mol. The van der Waals surface area contributed by atoms with Crippen molar-refractivity contribution in [2.24, 2.45) is 46.3 Å². The Balaban J connectivity index is 1.40. The SMILES string of the molecule is CC1=C[C@]23C(=O)[C@@H](C=C(CO)[C@@H](O)[C@]2(O)[C@H]1OC(=O)N1CC2CCC(CC2)C1)[C@H]1[C@@H](C[C@H]3C)C1(C)C. The van der Waals surface area contributed by atoms with Gasteiger partial charge in [0.1, 0.15) is 6.10 Å². The number of aliphatic hydroxyl groups is 3. The third kappa shape index (κ3) is 3.02. The van der Waals surface area contributed by atoms with Crippen molar-refractivity contribution in [3.05, 3.63) is 23.3 Å². The van der Waals surface area contributed by atoms with Crippen LogP contribution >= 0.6 is 0 Å². The molecule has 2 aliphatic heterocycles. The van der Waals surface area contributed by atoms with Crippen LogP contribution in [0, 0.1) is 46.3 Å². The summed E-state index contributed by atoms with van der Waals surface area (Å²) >= 11 is 0. The van der Waals surface area contributed by atoms with Crippen LogP contribution in [0.3, 0.4) is 0 Å². The molecule has 7 rings (SSSR count). The highest BCUT2D eigenvalue weighted by atomic mass is 16.6. The molecule has 5 fully saturated rings. The molecule has 2 heterocycles. The first-order chi connectivity index (χ1) is 17.0. The Morgan fingerprint density at radius 1 is 1.17 bits per heavy atom. The van der Waals surface area contributed by atoms with Crippen molar-refractivity contribution in [1.29, 1.82) is 0 Å². The number of carbonyl (C=O) groups excluding carboxylic acids is 2. The lowest BCUT2D eigenvalue weighted by atomic mass is 9.59. The number of allylic oxidation sites excluding steroid dienone is 1. The lowest BCUT2D eigenvalue weighted by Crippen LogP contribution is -2.66. The minimum absolute atomic E-state index is 0.0178. The Hall–Kier alpha value is -1.70. The van der Waals surface area contributed by atoms with Crippen molar-refractivity contribution in [2.75, 3.05) is 19.7 Å². The number of carbonyl (C=O) groups is 2. The smallest absolute Gasteiger partial charge is 0.410 e. The summed E-state index contributed by atoms with van der Waals surface area (Å²) in [5.74, 6) is 0.479. The molecule has 1 spiro atoms. The topological polar surface area (TPSA) is 107 Å². The molecule has 3 saturated carbocycles. The predicted molar refractivity (Wildman–Crippen MR) is 133 cm³/mol. The van der Waals surface area contributed by atoms with E-state index < -0.39 is 41.8 Å². The van der Waals surface area contributed by atoms with E-state index in [1.54, 1.807) is 24.0 Å². The molecular formula is C29H41NO6. The van der Waals surface area contributed by atoms with Gasteiger partial charge in [-0.1, -0.05) is 32.9 Å². The van der Waals surface area contributed by atoms with Crippen molar-refractivity contribution in [2.45, 2.75) is 77.6 Å². The van der Waals surface area contributed by atoms with Gasteiger partial charge in [-0.2, -0.15) is 0 Å². The van der Waals surface area contributed by atoms with Gasteiger partial charge in [0.25, 0.3) is 0 Å². The van der Waals surface area contributed by atoms with Gasteiger partial charge < -0.3 is 25.0 Å². The largest absolute Gasteiger partial charge is 0.438 e. The van der Waals surface area contributed by atoms with Gasteiger partial charge in [0, 0.05) is 19.0 Å². The van der Waals surface area contributed by atoms with Crippen molar-refractivity contribution in [3.63, 3.8) is 0 Å². The number of nitrogens with zero attached hydrogens (tertiary/aromatic N) is 1. The molecule has 3 N–H and O–H groups in total. The normalized spacial score (nSPS) is 48.6. The van der Waals surface area contributed by atoms with Gasteiger partial charge >= 0.3 is 6.09 Å². The molecule has 36 heavy (non-hydrogen) atoms. The molecule has 1 amide bonds. The first-order valence-electron chi connectivity index (χ1n) is 13.9. The third-order valence-electron chi connectivity index (χ3n) is 11.3. The second-order valence-corrected chi connectivity index (χ2v) is 13.4. The summed E-state index contributed by atoms with van der Waals surface area (Å²) in [4.78, 5) is 29.7. The number of Topliss-reactive ketones (excluding diaryl/α,β-unsaturated/α-hetero) is 1. The van der Waals surface area contributed by atoms with Crippen molar-refractivity contribution >= 4 is 11.9 Å². The average Bonchev–Trinajstić information content (AvgIpc) is 3.47. The third-order valence-corrected chi connectivity index (χ3v) is 11.3. The summed E-state index contributed by atoms with van der Waals surface area (Å²) in [6.45, 7) is 8.94. The van der Waals surface area contributed by atoms with Gasteiger partial charge in [0.15, 0.2) is 17.5 Å². The zero-order chi connectivity index (χ0) is 25.8. The number of rotatable bonds is 2. The molecule has 5 aliphatic carbocycles. The number of ether oxygens (including phenoxy) is 1. The molecule has 7 heteroatoms. The molecule has 2 saturated heterocycles. The summed E-state index contributed by atoms with van der Waals surface area (Å²) < 4.78 is 6.08. The average molecular weight is 500 g/mol. The second kappa shape index (κ2) is 7.90. The fraction of sp³-hybridized carbons (Fsp3) is 0.793. The summed E-state index contributed by atoms with van der Waals surface area (Å²) in [6.07, 6.45) is 5.58. The van der Waals surface area contributed by atoms with Crippen LogP contribution in [-0.4, -0.2) is 69.6 Å². The number of amides is 1. The van der Waals surface area contributed by atoms with Crippen molar-refractivity contribution in [1.82, 2.24) is 4.90 Å². The highest BCUT2D eigenvalue weighted by Crippen LogP contribution is 2.71. The molecule has 8 atom stereocenters. The van der Waals surface area contributed by atoms with E-state index in [0.717, 1.165) is 32.1 Å². The zero-order valence-electron chi connectivity index (χ0n) is 21.9. The van der Waals surface area contributed by atoms with E-state index in [-0.39, 0.29) is 28.6 Å². The Bertz CT molecular complexity index is 1030. The quantitative estimate of drug-likeness (QED) is 0.504. The number of fused-ring (bicyclic) bond motifs is 7. The number of hydrogen-bond acceptors (Lipinski definition) is 6. The molecule has 0 radical (unpaired) electrons. The number of hydrogen-bond donors (Lipinski definition) is 3. The highest BCUT2D eigenvalue weighted by Gasteiger charge is 2.76. The van der Waals surface area contributed by atoms with Crippen LogP contribution in [0.5, 0.6) is 0 Å². The summed E-state index contributed by atoms with van der Waals surface area (Å²) in [7, 11) is 0. The van der Waals surface area contributed by atoms with Crippen molar-refractivity contribution < 1.29 is 29.6 Å². The summed E-state index contributed by atoms with van der Waals surface area (Å²) in [5, 5.41) is 34.4. The van der Waals surface area contributed by atoms with E-state index in [4.69, 9.17) is 4.74 Å². The fourth-order valence-electron chi connectivity index (χ4n) is 9.21. The van der Waals surface area contributed by atoms with Crippen LogP contribution in [0.25, 0.3) is 0 Å². The first kappa shape index (κ1) is 24.6. The maximum Gasteiger partial charge on any atom is 0.410 e. The Morgan fingerprint density at radius 2 is 1.78 bits per heavy atom. The van der Waals surface area contributed by atoms with Gasteiger partial charge in [-0.3, -0.25) is 4.79 Å². The van der Waals surface area contributed by atoms with Gasteiger partial charge in [-0.05, 0) is 85.2 Å². The molecule has 0 aromatic carbocycles. The molecule has 0 aromatic rings. The molecule has 0 aromatic heterocycles. The summed E-state index contributed by atoms with van der Waals surface area (Å²) in [5.41, 5.74) is -2.64. The van der Waals surface area contributed by atoms with Crippen LogP contribution in [-0.2, 0) is 9.53 Å². The Kier molecular flexibility index (Phi) is 5.41. The highest BCUT2D eigenvalue weighted by molar-refractivity contribution is 5.95. The molecule has 4 bridgehead atoms. The lowest BCUT2D eigenvalue weighted by molar-refractivity contribution is -0.191. The van der Waals surface area contributed by atoms with E-state index in [9.17, 15) is 24.9 Å². The Labute approximate surface area is 213 Å². The standard InChI is InChI=1S/C29H41NO6/c1-15-11-28-16(2)9-21-22(27(21,3)4)20(24(28)33)10-19(14-31)23(32)29(28,35)25(15)36-26(34)30-12-17-5-6-18(13-30)8-7-17/h10-11,16-18,20-23,25,31-32,35H,5-9,12-14H2,1-4H3/t16-,17?,18?,20+,21-,22+,23-,25+,28+,29+/m1/s1. The van der Waals surface area contributed by atoms with Crippen LogP contribution in [0.1, 0.15) is 59.8 Å². The molecule has 198 valence electrons. The van der Waals surface area contributed by atoms with E-state index in [2.05, 4.69) is 13.8 Å². The predicted octanol–water partition coefficient (Wildman–Crippen LogP) is 3.08. The zero-order valence-corrected chi connectivity index (χ0v) is 21.9. The van der Waals surface area contributed by atoms with Crippen molar-refractivity contribution in [3.8, 4) is 0 Å². The first-order valence-corrected chi connectivity index (χ1v) is 13.9. The number of ketones is 1. The molecule has 0 unspecified atom stereocenters. The van der Waals surface area contributed by atoms with E-state index in [0.29, 0.717) is 36.4 Å². The second-order valence-electron chi connectivity index (χ2n) is 13.4. The van der Waals surface area contributed by atoms with Crippen LogP contribution in [0.4, 0.5) is 4.79 Å². The molecule has 7 aliphatic rings. The van der Waals surface area contributed by atoms with E-state index in [1.165, 1.54) is 0 Å². The maximum absolute atomic E-state index is 14.4. The van der Waals surface area contributed by atoms with Crippen LogP contribution < -0.4 is 0 Å². The van der Waals surface area contributed by atoms with E-state index >= 15 is 0 Å². The van der Waals surface area contributed by atoms with Gasteiger partial charge in [0.2, 0.25) is 0 Å². The lowest BCUT2D eigenvalue weighted by Gasteiger charge is -2.49.